The Kier molecular flexibility index (Phi) is 5.16. The maximum atomic E-state index is 13.6. The van der Waals surface area contributed by atoms with Crippen LogP contribution in [0.4, 0.5) is 4.39 Å². The van der Waals surface area contributed by atoms with Crippen molar-refractivity contribution in [2.24, 2.45) is 0 Å². The Bertz CT molecular complexity index is 405. The van der Waals surface area contributed by atoms with Crippen LogP contribution in [-0.2, 0) is 11.3 Å². The SMILES string of the molecule is COc1ccc(CN(C)CC2CCCCO2)cc1F. The van der Waals surface area contributed by atoms with E-state index in [0.29, 0.717) is 11.9 Å². The van der Waals surface area contributed by atoms with E-state index >= 15 is 0 Å². The molecule has 0 N–H and O–H groups in total. The monoisotopic (exact) mass is 267 g/mol. The molecule has 3 nitrogen and oxygen atoms in total. The van der Waals surface area contributed by atoms with Crippen LogP contribution in [0.25, 0.3) is 0 Å². The van der Waals surface area contributed by atoms with Crippen molar-refractivity contribution in [2.45, 2.75) is 31.9 Å². The van der Waals surface area contributed by atoms with Crippen LogP contribution in [0.1, 0.15) is 24.8 Å². The van der Waals surface area contributed by atoms with E-state index in [1.165, 1.54) is 26.0 Å². The van der Waals surface area contributed by atoms with Crippen molar-refractivity contribution in [3.63, 3.8) is 0 Å². The van der Waals surface area contributed by atoms with Gasteiger partial charge in [-0.05, 0) is 44.0 Å². The summed E-state index contributed by atoms with van der Waals surface area (Å²) in [5.41, 5.74) is 0.955. The van der Waals surface area contributed by atoms with Gasteiger partial charge >= 0.3 is 0 Å². The third kappa shape index (κ3) is 4.18. The largest absolute Gasteiger partial charge is 0.494 e. The van der Waals surface area contributed by atoms with Crippen LogP contribution in [0.3, 0.4) is 0 Å². The number of hydrogen-bond acceptors (Lipinski definition) is 3. The molecule has 1 atom stereocenters. The van der Waals surface area contributed by atoms with Gasteiger partial charge < -0.3 is 9.47 Å². The van der Waals surface area contributed by atoms with Crippen LogP contribution in [0.2, 0.25) is 0 Å². The van der Waals surface area contributed by atoms with Crippen molar-refractivity contribution in [3.05, 3.63) is 29.6 Å². The zero-order chi connectivity index (χ0) is 13.7. The van der Waals surface area contributed by atoms with Gasteiger partial charge in [0.15, 0.2) is 11.6 Å². The molecule has 1 heterocycles. The standard InChI is InChI=1S/C15H22FNO2/c1-17(11-13-5-3-4-8-19-13)10-12-6-7-15(18-2)14(16)9-12/h6-7,9,13H,3-5,8,10-11H2,1-2H3. The highest BCUT2D eigenvalue weighted by molar-refractivity contribution is 5.29. The van der Waals surface area contributed by atoms with Gasteiger partial charge in [0.05, 0.1) is 13.2 Å². The molecule has 1 fully saturated rings. The van der Waals surface area contributed by atoms with E-state index < -0.39 is 0 Å². The number of nitrogens with zero attached hydrogens (tertiary/aromatic N) is 1. The molecule has 1 aromatic rings. The summed E-state index contributed by atoms with van der Waals surface area (Å²) < 4.78 is 24.2. The smallest absolute Gasteiger partial charge is 0.165 e. The zero-order valence-corrected chi connectivity index (χ0v) is 11.7. The molecule has 0 aromatic heterocycles. The van der Waals surface area contributed by atoms with Gasteiger partial charge in [-0.2, -0.15) is 0 Å². The minimum absolute atomic E-state index is 0.294. The molecule has 0 spiro atoms. The molecule has 19 heavy (non-hydrogen) atoms. The van der Waals surface area contributed by atoms with E-state index in [4.69, 9.17) is 9.47 Å². The van der Waals surface area contributed by atoms with Crippen LogP contribution in [0.15, 0.2) is 18.2 Å². The molecule has 0 radical (unpaired) electrons. The number of ether oxygens (including phenoxy) is 2. The molecular formula is C15H22FNO2. The van der Waals surface area contributed by atoms with Gasteiger partial charge in [0, 0.05) is 19.7 Å². The minimum atomic E-state index is -0.303. The molecule has 4 heteroatoms. The van der Waals surface area contributed by atoms with Gasteiger partial charge in [-0.15, -0.1) is 0 Å². The maximum Gasteiger partial charge on any atom is 0.165 e. The summed E-state index contributed by atoms with van der Waals surface area (Å²) in [6.45, 7) is 2.49. The molecular weight excluding hydrogens is 245 g/mol. The van der Waals surface area contributed by atoms with Crippen LogP contribution in [0.5, 0.6) is 5.75 Å². The summed E-state index contributed by atoms with van der Waals surface area (Å²) in [6, 6.07) is 5.12. The molecule has 0 aliphatic carbocycles. The van der Waals surface area contributed by atoms with Crippen molar-refractivity contribution < 1.29 is 13.9 Å². The first kappa shape index (κ1) is 14.3. The lowest BCUT2D eigenvalue weighted by atomic mass is 10.1. The van der Waals surface area contributed by atoms with Gasteiger partial charge in [0.2, 0.25) is 0 Å². The van der Waals surface area contributed by atoms with Gasteiger partial charge in [-0.3, -0.25) is 4.90 Å². The molecule has 2 rings (SSSR count). The zero-order valence-electron chi connectivity index (χ0n) is 11.7. The molecule has 0 saturated carbocycles. The van der Waals surface area contributed by atoms with Crippen LogP contribution >= 0.6 is 0 Å². The van der Waals surface area contributed by atoms with Crippen molar-refractivity contribution in [3.8, 4) is 5.75 Å². The minimum Gasteiger partial charge on any atom is -0.494 e. The van der Waals surface area contributed by atoms with Crippen LogP contribution in [-0.4, -0.2) is 38.3 Å². The van der Waals surface area contributed by atoms with E-state index in [-0.39, 0.29) is 5.82 Å². The average molecular weight is 267 g/mol. The lowest BCUT2D eigenvalue weighted by Crippen LogP contribution is -2.33. The van der Waals surface area contributed by atoms with E-state index in [0.717, 1.165) is 31.7 Å². The number of halogens is 1. The Morgan fingerprint density at radius 3 is 2.89 bits per heavy atom. The Balaban J connectivity index is 1.87. The second kappa shape index (κ2) is 6.87. The fourth-order valence-corrected chi connectivity index (χ4v) is 2.48. The predicted molar refractivity (Wildman–Crippen MR) is 72.9 cm³/mol. The third-order valence-electron chi connectivity index (χ3n) is 3.46. The van der Waals surface area contributed by atoms with E-state index in [2.05, 4.69) is 4.90 Å². The molecule has 0 bridgehead atoms. The van der Waals surface area contributed by atoms with Gasteiger partial charge in [-0.1, -0.05) is 6.07 Å². The van der Waals surface area contributed by atoms with E-state index in [1.54, 1.807) is 6.07 Å². The first-order chi connectivity index (χ1) is 9.19. The molecule has 106 valence electrons. The Hall–Kier alpha value is -1.13. The molecule has 1 saturated heterocycles. The summed E-state index contributed by atoms with van der Waals surface area (Å²) in [5, 5.41) is 0. The molecule has 0 amide bonds. The number of rotatable bonds is 5. The van der Waals surface area contributed by atoms with E-state index in [9.17, 15) is 4.39 Å². The van der Waals surface area contributed by atoms with Gasteiger partial charge in [0.25, 0.3) is 0 Å². The van der Waals surface area contributed by atoms with Gasteiger partial charge in [-0.25, -0.2) is 4.39 Å². The van der Waals surface area contributed by atoms with Crippen molar-refractivity contribution in [2.75, 3.05) is 27.3 Å². The molecule has 1 aromatic carbocycles. The van der Waals surface area contributed by atoms with Crippen molar-refractivity contribution in [1.82, 2.24) is 4.90 Å². The lowest BCUT2D eigenvalue weighted by molar-refractivity contribution is -0.00260. The summed E-state index contributed by atoms with van der Waals surface area (Å²) in [7, 11) is 3.52. The first-order valence-corrected chi connectivity index (χ1v) is 6.81. The topological polar surface area (TPSA) is 21.7 Å². The Morgan fingerprint density at radius 1 is 1.42 bits per heavy atom. The highest BCUT2D eigenvalue weighted by Crippen LogP contribution is 2.19. The normalized spacial score (nSPS) is 19.7. The first-order valence-electron chi connectivity index (χ1n) is 6.81. The summed E-state index contributed by atoms with van der Waals surface area (Å²) >= 11 is 0. The molecule has 1 aliphatic heterocycles. The quantitative estimate of drug-likeness (QED) is 0.819. The predicted octanol–water partition coefficient (Wildman–Crippen LogP) is 2.84. The second-order valence-electron chi connectivity index (χ2n) is 5.15. The highest BCUT2D eigenvalue weighted by Gasteiger charge is 2.16. The second-order valence-corrected chi connectivity index (χ2v) is 5.15. The highest BCUT2D eigenvalue weighted by atomic mass is 19.1. The van der Waals surface area contributed by atoms with E-state index in [1.807, 2.05) is 13.1 Å². The fraction of sp³-hybridized carbons (Fsp3) is 0.600. The summed E-state index contributed by atoms with van der Waals surface area (Å²) in [5.74, 6) is -0.00988. The lowest BCUT2D eigenvalue weighted by Gasteiger charge is -2.27. The Morgan fingerprint density at radius 2 is 2.26 bits per heavy atom. The summed E-state index contributed by atoms with van der Waals surface area (Å²) in [4.78, 5) is 2.18. The van der Waals surface area contributed by atoms with Gasteiger partial charge in [0.1, 0.15) is 0 Å². The number of likely N-dealkylation sites (N-methyl/N-ethyl adjacent to an activating group) is 1. The average Bonchev–Trinajstić information content (AvgIpc) is 2.40. The third-order valence-corrected chi connectivity index (χ3v) is 3.46. The molecule has 1 unspecified atom stereocenters. The number of methoxy groups -OCH3 is 1. The molecule has 1 aliphatic rings. The fourth-order valence-electron chi connectivity index (χ4n) is 2.48. The van der Waals surface area contributed by atoms with Crippen LogP contribution in [0, 0.1) is 5.82 Å². The maximum absolute atomic E-state index is 13.6. The number of hydrogen-bond donors (Lipinski definition) is 0. The number of benzene rings is 1. The Labute approximate surface area is 114 Å². The van der Waals surface area contributed by atoms with Crippen molar-refractivity contribution in [1.29, 1.82) is 0 Å². The summed E-state index contributed by atoms with van der Waals surface area (Å²) in [6.07, 6.45) is 3.86. The van der Waals surface area contributed by atoms with Crippen LogP contribution < -0.4 is 4.74 Å². The van der Waals surface area contributed by atoms with Crippen molar-refractivity contribution >= 4 is 0 Å².